The lowest BCUT2D eigenvalue weighted by molar-refractivity contribution is -0.383. The molecule has 2 aromatic carbocycles. The van der Waals surface area contributed by atoms with Crippen molar-refractivity contribution >= 4 is 16.5 Å². The Morgan fingerprint density at radius 1 is 1.19 bits per heavy atom. The van der Waals surface area contributed by atoms with Gasteiger partial charge in [-0.3, -0.25) is 10.1 Å². The summed E-state index contributed by atoms with van der Waals surface area (Å²) in [4.78, 5) is 10.5. The molecule has 0 unspecified atom stereocenters. The smallest absolute Gasteiger partial charge is 0.258 e. The van der Waals surface area contributed by atoms with Crippen molar-refractivity contribution in [3.63, 3.8) is 0 Å². The monoisotopic (exact) mass is 213 g/mol. The first kappa shape index (κ1) is 10.4. The minimum atomic E-state index is -0.347. The van der Waals surface area contributed by atoms with Gasteiger partial charge in [-0.2, -0.15) is 0 Å². The first-order valence-corrected chi connectivity index (χ1v) is 5.00. The maximum Gasteiger partial charge on any atom is 0.277 e. The molecule has 0 heterocycles. The second kappa shape index (κ2) is 4.14. The van der Waals surface area contributed by atoms with Crippen LogP contribution >= 0.6 is 0 Å². The van der Waals surface area contributed by atoms with E-state index in [2.05, 4.69) is 6.58 Å². The minimum Gasteiger partial charge on any atom is -0.258 e. The SMILES string of the molecule is C=CCc1ccc([N+](=O)[O-])c2ccccc12. The summed E-state index contributed by atoms with van der Waals surface area (Å²) < 4.78 is 0. The molecule has 0 saturated heterocycles. The molecule has 0 fully saturated rings. The van der Waals surface area contributed by atoms with Gasteiger partial charge >= 0.3 is 0 Å². The highest BCUT2D eigenvalue weighted by Crippen LogP contribution is 2.28. The Kier molecular flexibility index (Phi) is 2.68. The van der Waals surface area contributed by atoms with E-state index in [1.165, 1.54) is 0 Å². The molecule has 0 aromatic heterocycles. The molecule has 0 atom stereocenters. The Labute approximate surface area is 93.2 Å². The topological polar surface area (TPSA) is 43.1 Å². The maximum atomic E-state index is 10.9. The summed E-state index contributed by atoms with van der Waals surface area (Å²) in [7, 11) is 0. The van der Waals surface area contributed by atoms with Gasteiger partial charge in [-0.15, -0.1) is 6.58 Å². The van der Waals surface area contributed by atoms with Crippen LogP contribution in [0.15, 0.2) is 49.1 Å². The van der Waals surface area contributed by atoms with Crippen molar-refractivity contribution < 1.29 is 4.92 Å². The number of benzene rings is 2. The lowest BCUT2D eigenvalue weighted by atomic mass is 10.0. The van der Waals surface area contributed by atoms with Crippen molar-refractivity contribution in [1.29, 1.82) is 0 Å². The van der Waals surface area contributed by atoms with E-state index in [0.717, 1.165) is 17.4 Å². The zero-order chi connectivity index (χ0) is 11.5. The minimum absolute atomic E-state index is 0.156. The molecule has 0 amide bonds. The molecule has 16 heavy (non-hydrogen) atoms. The third kappa shape index (κ3) is 1.67. The van der Waals surface area contributed by atoms with Crippen LogP contribution in [0.5, 0.6) is 0 Å². The molecular formula is C13H11NO2. The van der Waals surface area contributed by atoms with Crippen LogP contribution in [0.4, 0.5) is 5.69 Å². The zero-order valence-corrected chi connectivity index (χ0v) is 8.72. The average molecular weight is 213 g/mol. The predicted octanol–water partition coefficient (Wildman–Crippen LogP) is 3.48. The number of allylic oxidation sites excluding steroid dienone is 1. The molecule has 0 aliphatic heterocycles. The Morgan fingerprint density at radius 3 is 2.50 bits per heavy atom. The molecule has 0 radical (unpaired) electrons. The summed E-state index contributed by atoms with van der Waals surface area (Å²) in [5.41, 5.74) is 1.22. The van der Waals surface area contributed by atoms with Gasteiger partial charge < -0.3 is 0 Å². The summed E-state index contributed by atoms with van der Waals surface area (Å²) in [5, 5.41) is 12.5. The first-order valence-electron chi connectivity index (χ1n) is 5.00. The number of fused-ring (bicyclic) bond motifs is 1. The fourth-order valence-electron chi connectivity index (χ4n) is 1.84. The standard InChI is InChI=1S/C13H11NO2/c1-2-5-10-8-9-13(14(15)16)12-7-4-3-6-11(10)12/h2-4,6-9H,1,5H2. The molecule has 0 saturated carbocycles. The maximum absolute atomic E-state index is 10.9. The number of hydrogen-bond acceptors (Lipinski definition) is 2. The summed E-state index contributed by atoms with van der Waals surface area (Å²) in [6.07, 6.45) is 2.52. The third-order valence-corrected chi connectivity index (χ3v) is 2.55. The summed E-state index contributed by atoms with van der Waals surface area (Å²) in [6.45, 7) is 3.69. The molecule has 80 valence electrons. The average Bonchev–Trinajstić information content (AvgIpc) is 2.29. The third-order valence-electron chi connectivity index (χ3n) is 2.55. The molecule has 0 N–H and O–H groups in total. The lowest BCUT2D eigenvalue weighted by Crippen LogP contribution is -1.92. The normalized spacial score (nSPS) is 10.2. The number of hydrogen-bond donors (Lipinski definition) is 0. The zero-order valence-electron chi connectivity index (χ0n) is 8.72. The van der Waals surface area contributed by atoms with E-state index in [-0.39, 0.29) is 10.6 Å². The molecule has 3 heteroatoms. The van der Waals surface area contributed by atoms with Crippen LogP contribution in [-0.4, -0.2) is 4.92 Å². The van der Waals surface area contributed by atoms with Crippen molar-refractivity contribution in [1.82, 2.24) is 0 Å². The van der Waals surface area contributed by atoms with Crippen molar-refractivity contribution in [2.24, 2.45) is 0 Å². The van der Waals surface area contributed by atoms with Crippen LogP contribution in [0.25, 0.3) is 10.8 Å². The van der Waals surface area contributed by atoms with Gasteiger partial charge in [-0.1, -0.05) is 30.3 Å². The van der Waals surface area contributed by atoms with Crippen molar-refractivity contribution in [3.8, 4) is 0 Å². The van der Waals surface area contributed by atoms with E-state index >= 15 is 0 Å². The van der Waals surface area contributed by atoms with Crippen molar-refractivity contribution in [2.45, 2.75) is 6.42 Å². The quantitative estimate of drug-likeness (QED) is 0.445. The summed E-state index contributed by atoms with van der Waals surface area (Å²) in [5.74, 6) is 0. The van der Waals surface area contributed by atoms with Gasteiger partial charge in [0.15, 0.2) is 0 Å². The number of nitro groups is 1. The Morgan fingerprint density at radius 2 is 1.88 bits per heavy atom. The van der Waals surface area contributed by atoms with E-state index in [1.807, 2.05) is 18.2 Å². The summed E-state index contributed by atoms with van der Waals surface area (Å²) >= 11 is 0. The second-order valence-electron chi connectivity index (χ2n) is 3.54. The lowest BCUT2D eigenvalue weighted by Gasteiger charge is -2.04. The molecule has 0 spiro atoms. The molecule has 0 bridgehead atoms. The fraction of sp³-hybridized carbons (Fsp3) is 0.0769. The molecule has 2 rings (SSSR count). The van der Waals surface area contributed by atoms with Crippen LogP contribution in [-0.2, 0) is 6.42 Å². The van der Waals surface area contributed by atoms with E-state index in [0.29, 0.717) is 5.39 Å². The van der Waals surface area contributed by atoms with E-state index in [1.54, 1.807) is 24.3 Å². The van der Waals surface area contributed by atoms with Crippen molar-refractivity contribution in [2.75, 3.05) is 0 Å². The van der Waals surface area contributed by atoms with Crippen molar-refractivity contribution in [3.05, 3.63) is 64.7 Å². The first-order chi connectivity index (χ1) is 7.74. The highest BCUT2D eigenvalue weighted by Gasteiger charge is 2.12. The van der Waals surface area contributed by atoms with E-state index in [9.17, 15) is 10.1 Å². The Bertz CT molecular complexity index is 561. The Hall–Kier alpha value is -2.16. The van der Waals surface area contributed by atoms with E-state index in [4.69, 9.17) is 0 Å². The number of non-ortho nitro benzene ring substituents is 1. The molecule has 3 nitrogen and oxygen atoms in total. The second-order valence-corrected chi connectivity index (χ2v) is 3.54. The van der Waals surface area contributed by atoms with Gasteiger partial charge in [-0.05, 0) is 23.4 Å². The van der Waals surface area contributed by atoms with Crippen LogP contribution < -0.4 is 0 Å². The van der Waals surface area contributed by atoms with E-state index < -0.39 is 0 Å². The van der Waals surface area contributed by atoms with Crippen LogP contribution in [0.1, 0.15) is 5.56 Å². The summed E-state index contributed by atoms with van der Waals surface area (Å²) in [6, 6.07) is 10.7. The van der Waals surface area contributed by atoms with Crippen LogP contribution in [0.2, 0.25) is 0 Å². The fourth-order valence-corrected chi connectivity index (χ4v) is 1.84. The molecular weight excluding hydrogens is 202 g/mol. The van der Waals surface area contributed by atoms with Gasteiger partial charge in [-0.25, -0.2) is 0 Å². The molecule has 2 aromatic rings. The molecule has 0 aliphatic carbocycles. The van der Waals surface area contributed by atoms with Gasteiger partial charge in [0, 0.05) is 6.07 Å². The largest absolute Gasteiger partial charge is 0.277 e. The number of nitro benzene ring substituents is 1. The number of nitrogens with zero attached hydrogens (tertiary/aromatic N) is 1. The molecule has 0 aliphatic rings. The predicted molar refractivity (Wildman–Crippen MR) is 64.5 cm³/mol. The number of rotatable bonds is 3. The van der Waals surface area contributed by atoms with Gasteiger partial charge in [0.2, 0.25) is 0 Å². The Balaban J connectivity index is 2.76. The van der Waals surface area contributed by atoms with Crippen LogP contribution in [0.3, 0.4) is 0 Å². The highest BCUT2D eigenvalue weighted by atomic mass is 16.6. The van der Waals surface area contributed by atoms with Gasteiger partial charge in [0.1, 0.15) is 0 Å². The highest BCUT2D eigenvalue weighted by molar-refractivity contribution is 5.93. The van der Waals surface area contributed by atoms with Gasteiger partial charge in [0.25, 0.3) is 5.69 Å². The van der Waals surface area contributed by atoms with Gasteiger partial charge in [0.05, 0.1) is 10.3 Å². The van der Waals surface area contributed by atoms with Crippen LogP contribution in [0, 0.1) is 10.1 Å².